The fourth-order valence-corrected chi connectivity index (χ4v) is 4.24. The number of benzene rings is 2. The van der Waals surface area contributed by atoms with Crippen LogP contribution in [0.5, 0.6) is 0 Å². The van der Waals surface area contributed by atoms with E-state index in [9.17, 15) is 5.26 Å². The third kappa shape index (κ3) is 3.12. The molecule has 28 heavy (non-hydrogen) atoms. The van der Waals surface area contributed by atoms with Crippen LogP contribution in [0.15, 0.2) is 76.9 Å². The topological polar surface area (TPSA) is 59.0 Å². The number of ether oxygens (including phenoxy) is 1. The van der Waals surface area contributed by atoms with E-state index in [2.05, 4.69) is 56.3 Å². The number of nitrogens with two attached hydrogens (primary N) is 1. The molecule has 0 amide bonds. The van der Waals surface area contributed by atoms with Gasteiger partial charge >= 0.3 is 0 Å². The van der Waals surface area contributed by atoms with E-state index in [0.717, 1.165) is 41.7 Å². The molecule has 0 bridgehead atoms. The summed E-state index contributed by atoms with van der Waals surface area (Å²) in [5.74, 6) is 0.960. The first-order valence-electron chi connectivity index (χ1n) is 9.73. The minimum atomic E-state index is -0.129. The smallest absolute Gasteiger partial charge is 0.205 e. The van der Waals surface area contributed by atoms with Gasteiger partial charge < -0.3 is 10.5 Å². The van der Waals surface area contributed by atoms with Crippen LogP contribution in [0.3, 0.4) is 0 Å². The van der Waals surface area contributed by atoms with E-state index in [1.165, 1.54) is 16.7 Å². The van der Waals surface area contributed by atoms with E-state index in [0.29, 0.717) is 5.57 Å². The molecule has 0 spiro atoms. The summed E-state index contributed by atoms with van der Waals surface area (Å²) in [4.78, 5) is 0. The van der Waals surface area contributed by atoms with Gasteiger partial charge in [0.05, 0.1) is 0 Å². The Balaban J connectivity index is 1.88. The monoisotopic (exact) mass is 368 g/mol. The molecule has 3 heteroatoms. The Hall–Kier alpha value is -3.25. The molecule has 0 saturated heterocycles. The van der Waals surface area contributed by atoms with Crippen LogP contribution >= 0.6 is 0 Å². The van der Waals surface area contributed by atoms with Crippen molar-refractivity contribution < 1.29 is 4.74 Å². The molecule has 0 fully saturated rings. The number of rotatable bonds is 2. The molecule has 2 N–H and O–H groups in total. The minimum absolute atomic E-state index is 0.129. The van der Waals surface area contributed by atoms with Gasteiger partial charge in [-0.25, -0.2) is 0 Å². The first-order chi connectivity index (χ1) is 13.6. The molecule has 0 unspecified atom stereocenters. The lowest BCUT2D eigenvalue weighted by Gasteiger charge is -2.34. The highest BCUT2D eigenvalue weighted by molar-refractivity contribution is 5.64. The molecule has 1 aliphatic heterocycles. The maximum Gasteiger partial charge on any atom is 0.205 e. The zero-order valence-corrected chi connectivity index (χ0v) is 16.3. The first-order valence-corrected chi connectivity index (χ1v) is 9.73. The van der Waals surface area contributed by atoms with Gasteiger partial charge in [0.1, 0.15) is 17.4 Å². The predicted molar refractivity (Wildman–Crippen MR) is 112 cm³/mol. The predicted octanol–water partition coefficient (Wildman–Crippen LogP) is 5.63. The number of allylic oxidation sites excluding steroid dienone is 3. The first kappa shape index (κ1) is 18.1. The van der Waals surface area contributed by atoms with Gasteiger partial charge in [0.2, 0.25) is 5.88 Å². The third-order valence-electron chi connectivity index (χ3n) is 5.73. The SMILES string of the molecule is Cc1ccccc1/C=C1/CCCC2=C1OC(N)=C(C#N)[C@H]2c1ccccc1C. The largest absolute Gasteiger partial charge is 0.440 e. The lowest BCUT2D eigenvalue weighted by Crippen LogP contribution is -2.24. The Morgan fingerprint density at radius 2 is 1.75 bits per heavy atom. The van der Waals surface area contributed by atoms with E-state index in [4.69, 9.17) is 10.5 Å². The minimum Gasteiger partial charge on any atom is -0.440 e. The summed E-state index contributed by atoms with van der Waals surface area (Å²) >= 11 is 0. The average Bonchev–Trinajstić information content (AvgIpc) is 2.70. The second-order valence-electron chi connectivity index (χ2n) is 7.52. The molecule has 140 valence electrons. The van der Waals surface area contributed by atoms with Crippen molar-refractivity contribution in [1.29, 1.82) is 5.26 Å². The number of nitrogens with zero attached hydrogens (tertiary/aromatic N) is 1. The molecular weight excluding hydrogens is 344 g/mol. The molecule has 3 nitrogen and oxygen atoms in total. The van der Waals surface area contributed by atoms with Gasteiger partial charge in [-0.3, -0.25) is 0 Å². The highest BCUT2D eigenvalue weighted by Gasteiger charge is 2.36. The third-order valence-corrected chi connectivity index (χ3v) is 5.73. The van der Waals surface area contributed by atoms with Crippen molar-refractivity contribution in [2.24, 2.45) is 5.73 Å². The number of aryl methyl sites for hydroxylation is 2. The van der Waals surface area contributed by atoms with Crippen LogP contribution in [-0.2, 0) is 4.74 Å². The van der Waals surface area contributed by atoms with Gasteiger partial charge in [-0.15, -0.1) is 0 Å². The second-order valence-corrected chi connectivity index (χ2v) is 7.52. The van der Waals surface area contributed by atoms with Crippen LogP contribution in [0.1, 0.15) is 47.4 Å². The van der Waals surface area contributed by atoms with Crippen LogP contribution in [0, 0.1) is 25.2 Å². The lowest BCUT2D eigenvalue weighted by atomic mass is 9.76. The summed E-state index contributed by atoms with van der Waals surface area (Å²) in [5, 5.41) is 9.81. The standard InChI is InChI=1S/C25H24N2O/c1-16-8-3-5-10-18(16)14-19-11-7-13-21-23(20-12-6-4-9-17(20)2)22(15-26)25(27)28-24(19)21/h3-6,8-10,12,14,23H,7,11,13,27H2,1-2H3/b19-14-/t23-/m0/s1. The molecule has 1 atom stereocenters. The summed E-state index contributed by atoms with van der Waals surface area (Å²) in [7, 11) is 0. The van der Waals surface area contributed by atoms with Crippen LogP contribution in [-0.4, -0.2) is 0 Å². The van der Waals surface area contributed by atoms with Crippen LogP contribution < -0.4 is 5.73 Å². The van der Waals surface area contributed by atoms with Crippen molar-refractivity contribution >= 4 is 6.08 Å². The fraction of sp³-hybridized carbons (Fsp3) is 0.240. The number of nitriles is 1. The summed E-state index contributed by atoms with van der Waals surface area (Å²) in [6.45, 7) is 4.20. The van der Waals surface area contributed by atoms with Crippen LogP contribution in [0.4, 0.5) is 0 Å². The Kier molecular flexibility index (Phi) is 4.79. The Morgan fingerprint density at radius 1 is 1.04 bits per heavy atom. The van der Waals surface area contributed by atoms with E-state index < -0.39 is 0 Å². The lowest BCUT2D eigenvalue weighted by molar-refractivity contribution is 0.277. The van der Waals surface area contributed by atoms with Gasteiger partial charge in [0, 0.05) is 5.92 Å². The van der Waals surface area contributed by atoms with Crippen molar-refractivity contribution in [3.63, 3.8) is 0 Å². The van der Waals surface area contributed by atoms with E-state index in [1.54, 1.807) is 0 Å². The Bertz CT molecular complexity index is 1070. The van der Waals surface area contributed by atoms with E-state index in [-0.39, 0.29) is 11.8 Å². The molecule has 2 aromatic carbocycles. The van der Waals surface area contributed by atoms with Crippen LogP contribution in [0.2, 0.25) is 0 Å². The quantitative estimate of drug-likeness (QED) is 0.747. The van der Waals surface area contributed by atoms with Gasteiger partial charge in [-0.2, -0.15) is 5.26 Å². The van der Waals surface area contributed by atoms with Crippen molar-refractivity contribution in [2.75, 3.05) is 0 Å². The number of hydrogen-bond acceptors (Lipinski definition) is 3. The molecular formula is C25H24N2O. The maximum atomic E-state index is 9.81. The van der Waals surface area contributed by atoms with Crippen molar-refractivity contribution in [2.45, 2.75) is 39.0 Å². The van der Waals surface area contributed by atoms with Crippen LogP contribution in [0.25, 0.3) is 6.08 Å². The van der Waals surface area contributed by atoms with E-state index in [1.807, 2.05) is 18.2 Å². The molecule has 4 rings (SSSR count). The molecule has 1 heterocycles. The molecule has 0 saturated carbocycles. The normalized spacial score (nSPS) is 20.6. The van der Waals surface area contributed by atoms with Gasteiger partial charge in [-0.05, 0) is 72.6 Å². The fourth-order valence-electron chi connectivity index (χ4n) is 4.24. The highest BCUT2D eigenvalue weighted by atomic mass is 16.5. The summed E-state index contributed by atoms with van der Waals surface area (Å²) in [5.41, 5.74) is 13.8. The molecule has 2 aromatic rings. The second kappa shape index (κ2) is 7.40. The highest BCUT2D eigenvalue weighted by Crippen LogP contribution is 2.47. The average molecular weight is 368 g/mol. The van der Waals surface area contributed by atoms with Crippen molar-refractivity contribution in [3.8, 4) is 6.07 Å². The summed E-state index contributed by atoms with van der Waals surface area (Å²) in [6.07, 6.45) is 5.12. The maximum absolute atomic E-state index is 9.81. The van der Waals surface area contributed by atoms with Gasteiger partial charge in [0.25, 0.3) is 0 Å². The van der Waals surface area contributed by atoms with Gasteiger partial charge in [0.15, 0.2) is 0 Å². The molecule has 0 aromatic heterocycles. The molecule has 0 radical (unpaired) electrons. The van der Waals surface area contributed by atoms with Gasteiger partial charge in [-0.1, -0.05) is 48.5 Å². The Labute approximate surface area is 166 Å². The molecule has 2 aliphatic rings. The van der Waals surface area contributed by atoms with E-state index >= 15 is 0 Å². The number of hydrogen-bond donors (Lipinski definition) is 1. The van der Waals surface area contributed by atoms with Crippen molar-refractivity contribution in [1.82, 2.24) is 0 Å². The zero-order valence-electron chi connectivity index (χ0n) is 16.3. The van der Waals surface area contributed by atoms with Crippen molar-refractivity contribution in [3.05, 3.63) is 99.1 Å². The molecule has 1 aliphatic carbocycles. The summed E-state index contributed by atoms with van der Waals surface area (Å²) < 4.78 is 6.06. The summed E-state index contributed by atoms with van der Waals surface area (Å²) in [6, 6.07) is 18.9. The zero-order chi connectivity index (χ0) is 19.7. The Morgan fingerprint density at radius 3 is 2.46 bits per heavy atom.